The Kier molecular flexibility index (Phi) is 13.4. The van der Waals surface area contributed by atoms with Crippen LogP contribution < -0.4 is 31.2 Å². The summed E-state index contributed by atoms with van der Waals surface area (Å²) in [5, 5.41) is 17.4. The second kappa shape index (κ2) is 20.6. The van der Waals surface area contributed by atoms with E-state index in [9.17, 15) is 19.2 Å². The molecule has 0 radical (unpaired) electrons. The molecule has 2 aliphatic rings. The van der Waals surface area contributed by atoms with E-state index in [2.05, 4.69) is 46.1 Å². The van der Waals surface area contributed by atoms with Crippen LogP contribution in [-0.2, 0) is 23.6 Å². The van der Waals surface area contributed by atoms with Gasteiger partial charge in [0.25, 0.3) is 0 Å². The van der Waals surface area contributed by atoms with Crippen LogP contribution in [-0.4, -0.2) is 77.1 Å². The third kappa shape index (κ3) is 11.6. The van der Waals surface area contributed by atoms with E-state index in [0.29, 0.717) is 86.1 Å². The Balaban J connectivity index is 0.000000176. The van der Waals surface area contributed by atoms with Gasteiger partial charge >= 0.3 is 0 Å². The van der Waals surface area contributed by atoms with Crippen molar-refractivity contribution in [1.29, 1.82) is 0 Å². The Morgan fingerprint density at radius 2 is 1.27 bits per heavy atom. The number of benzene rings is 2. The molecule has 328 valence electrons. The molecule has 8 rings (SSSR count). The van der Waals surface area contributed by atoms with Crippen LogP contribution in [0, 0.1) is 11.8 Å². The van der Waals surface area contributed by atoms with E-state index >= 15 is 0 Å². The van der Waals surface area contributed by atoms with E-state index in [1.54, 1.807) is 63.3 Å². The zero-order valence-electron chi connectivity index (χ0n) is 38.3. The standard InChI is InChI=1S/C22H24N6O3.C12H13ClN2O2.C10H12N4O/c1-4-18(29)15-11-23-19(26-22(30)13-8-9-13)10-17(15)25-16-7-5-6-14(20(16)31-3)21-24-12-28(2)27-21;1-2-10(16)8-6-14-11(5-9(8)13)15-12(17)7-3-4-7;1-14-6-12-10(13-14)7-4-3-5-8(11)9(7)15-2/h5-7,10-13H,4,8-9H2,1-3H3,(H2,23,25,26,30);5-7H,2-4H2,1H3,(H,14,15,17);3-6H,11H2,1-2H3/i;;1D3. The highest BCUT2D eigenvalue weighted by Crippen LogP contribution is 2.38. The predicted molar refractivity (Wildman–Crippen MR) is 239 cm³/mol. The minimum absolute atomic E-state index is 0.0249. The summed E-state index contributed by atoms with van der Waals surface area (Å²) in [5.41, 5.74) is 9.50. The first-order valence-electron chi connectivity index (χ1n) is 21.5. The molecule has 0 bridgehead atoms. The van der Waals surface area contributed by atoms with E-state index in [4.69, 9.17) is 30.9 Å². The number of methoxy groups -OCH3 is 2. The molecule has 4 heterocycles. The Morgan fingerprint density at radius 3 is 1.79 bits per heavy atom. The van der Waals surface area contributed by atoms with Gasteiger partial charge in [-0.3, -0.25) is 28.5 Å². The Hall–Kier alpha value is -7.21. The number of nitrogen functional groups attached to an aromatic ring is 1. The number of anilines is 5. The maximum Gasteiger partial charge on any atom is 0.228 e. The molecule has 0 spiro atoms. The van der Waals surface area contributed by atoms with Gasteiger partial charge in [0.05, 0.1) is 58.6 Å². The largest absolute Gasteiger partial charge is 0.494 e. The van der Waals surface area contributed by atoms with E-state index < -0.39 is 6.98 Å². The van der Waals surface area contributed by atoms with Crippen LogP contribution in [0.25, 0.3) is 22.8 Å². The number of carbonyl (C=O) groups is 4. The summed E-state index contributed by atoms with van der Waals surface area (Å²) < 4.78 is 34.9. The van der Waals surface area contributed by atoms with Gasteiger partial charge in [-0.05, 0) is 49.9 Å². The summed E-state index contributed by atoms with van der Waals surface area (Å²) in [6.45, 7) is 1.21. The molecule has 2 aromatic carbocycles. The third-order valence-corrected chi connectivity index (χ3v) is 10.0. The number of nitrogens with zero attached hydrogens (tertiary/aromatic N) is 8. The van der Waals surface area contributed by atoms with E-state index in [0.717, 1.165) is 36.7 Å². The highest BCUT2D eigenvalue weighted by Gasteiger charge is 2.31. The number of para-hydroxylation sites is 2. The molecule has 6 aromatic rings. The number of carbonyl (C=O) groups excluding carboxylic acids is 4. The van der Waals surface area contributed by atoms with Gasteiger partial charge in [0.15, 0.2) is 34.7 Å². The first-order chi connectivity index (χ1) is 31.5. The lowest BCUT2D eigenvalue weighted by Crippen LogP contribution is -2.15. The van der Waals surface area contributed by atoms with Crippen molar-refractivity contribution in [2.24, 2.45) is 25.9 Å². The van der Waals surface area contributed by atoms with Crippen molar-refractivity contribution < 1.29 is 32.8 Å². The molecule has 0 aliphatic heterocycles. The van der Waals surface area contributed by atoms with Gasteiger partial charge in [-0.25, -0.2) is 19.9 Å². The molecule has 4 aromatic heterocycles. The second-order valence-corrected chi connectivity index (χ2v) is 14.8. The van der Waals surface area contributed by atoms with Crippen molar-refractivity contribution in [3.05, 3.63) is 89.7 Å². The molecule has 18 nitrogen and oxygen atoms in total. The summed E-state index contributed by atoms with van der Waals surface area (Å²) in [6.07, 6.45) is 10.1. The minimum Gasteiger partial charge on any atom is -0.494 e. The number of ketones is 2. The highest BCUT2D eigenvalue weighted by atomic mass is 35.5. The average Bonchev–Trinajstić information content (AvgIpc) is 4.24. The monoisotopic (exact) mass is 879 g/mol. The maximum atomic E-state index is 12.5. The lowest BCUT2D eigenvalue weighted by atomic mass is 10.1. The predicted octanol–water partition coefficient (Wildman–Crippen LogP) is 7.32. The first-order valence-corrected chi connectivity index (χ1v) is 20.4. The van der Waals surface area contributed by atoms with E-state index in [1.807, 2.05) is 18.2 Å². The topological polar surface area (TPSA) is 236 Å². The van der Waals surface area contributed by atoms with Crippen molar-refractivity contribution >= 4 is 63.7 Å². The number of halogens is 1. The SMILES string of the molecule is CCC(=O)c1cnc(NC(=O)C2CC2)cc1Cl.CCC(=O)c1cnc(NC(=O)C2CC2)cc1Nc1cccc(-c2ncn(C)n2)c1OC.[2H]C([2H])([2H])n1cnc(-c2cccc(N)c2OC)n1. The molecule has 5 N–H and O–H groups in total. The first kappa shape index (κ1) is 41.2. The summed E-state index contributed by atoms with van der Waals surface area (Å²) in [4.78, 5) is 64.2. The number of aryl methyl sites for hydroxylation is 2. The van der Waals surface area contributed by atoms with Crippen LogP contribution >= 0.6 is 11.6 Å². The Morgan fingerprint density at radius 1 is 0.746 bits per heavy atom. The Labute approximate surface area is 373 Å². The van der Waals surface area contributed by atoms with Gasteiger partial charge < -0.3 is 31.2 Å². The molecule has 0 atom stereocenters. The maximum absolute atomic E-state index is 12.5. The molecule has 2 fully saturated rings. The summed E-state index contributed by atoms with van der Waals surface area (Å²) in [5.74, 6) is 2.55. The highest BCUT2D eigenvalue weighted by molar-refractivity contribution is 6.34. The van der Waals surface area contributed by atoms with Gasteiger partial charge in [-0.15, -0.1) is 0 Å². The van der Waals surface area contributed by atoms with Crippen molar-refractivity contribution in [1.82, 2.24) is 39.5 Å². The van der Waals surface area contributed by atoms with Crippen molar-refractivity contribution in [2.45, 2.75) is 52.4 Å². The molecule has 2 aliphatic carbocycles. The third-order valence-electron chi connectivity index (χ3n) is 9.71. The molecule has 0 saturated heterocycles. The van der Waals surface area contributed by atoms with Gasteiger partial charge in [-0.1, -0.05) is 37.6 Å². The van der Waals surface area contributed by atoms with Crippen LogP contribution in [0.1, 0.15) is 77.2 Å². The quantitative estimate of drug-likeness (QED) is 0.0620. The molecule has 2 saturated carbocycles. The number of amides is 2. The number of ether oxygens (including phenoxy) is 2. The molecular formula is C44H49ClN12O6. The zero-order chi connectivity index (χ0) is 47.7. The van der Waals surface area contributed by atoms with Gasteiger partial charge in [0.2, 0.25) is 11.8 Å². The molecule has 63 heavy (non-hydrogen) atoms. The fourth-order valence-electron chi connectivity index (χ4n) is 6.07. The fourth-order valence-corrected chi connectivity index (χ4v) is 6.32. The normalized spacial score (nSPS) is 13.7. The number of aromatic nitrogens is 8. The van der Waals surface area contributed by atoms with Crippen LogP contribution in [0.15, 0.2) is 73.6 Å². The number of hydrogen-bond acceptors (Lipinski definition) is 14. The van der Waals surface area contributed by atoms with Crippen molar-refractivity contribution in [3.8, 4) is 34.3 Å². The van der Waals surface area contributed by atoms with E-state index in [1.165, 1.54) is 25.6 Å². The van der Waals surface area contributed by atoms with Crippen molar-refractivity contribution in [2.75, 3.05) is 35.9 Å². The fraction of sp³-hybridized carbons (Fsp3) is 0.318. The number of nitrogens with two attached hydrogens (primary N) is 1. The smallest absolute Gasteiger partial charge is 0.228 e. The minimum atomic E-state index is -2.35. The van der Waals surface area contributed by atoms with E-state index in [-0.39, 0.29) is 41.0 Å². The molecule has 2 amide bonds. The molecular weight excluding hydrogens is 828 g/mol. The number of hydrogen-bond donors (Lipinski definition) is 4. The van der Waals surface area contributed by atoms with Crippen LogP contribution in [0.2, 0.25) is 5.02 Å². The van der Waals surface area contributed by atoms with Crippen LogP contribution in [0.5, 0.6) is 11.5 Å². The van der Waals surface area contributed by atoms with Crippen LogP contribution in [0.3, 0.4) is 0 Å². The zero-order valence-corrected chi connectivity index (χ0v) is 36.1. The average molecular weight is 880 g/mol. The summed E-state index contributed by atoms with van der Waals surface area (Å²) in [6, 6.07) is 13.9. The van der Waals surface area contributed by atoms with Crippen LogP contribution in [0.4, 0.5) is 28.7 Å². The summed E-state index contributed by atoms with van der Waals surface area (Å²) >= 11 is 5.97. The number of pyridine rings is 2. The van der Waals surface area contributed by atoms with Gasteiger partial charge in [0, 0.05) is 67.3 Å². The number of Topliss-reactive ketones (excluding diaryl/α,β-unsaturated/α-hetero) is 2. The van der Waals surface area contributed by atoms with Gasteiger partial charge in [-0.2, -0.15) is 10.2 Å². The number of rotatable bonds is 14. The lowest BCUT2D eigenvalue weighted by Gasteiger charge is -2.16. The lowest BCUT2D eigenvalue weighted by molar-refractivity contribution is -0.118. The number of nitrogens with one attached hydrogen (secondary N) is 3. The molecule has 0 unspecified atom stereocenters. The summed E-state index contributed by atoms with van der Waals surface area (Å²) in [7, 11) is 4.84. The van der Waals surface area contributed by atoms with Gasteiger partial charge in [0.1, 0.15) is 24.3 Å². The molecule has 19 heteroatoms. The van der Waals surface area contributed by atoms with Crippen molar-refractivity contribution in [3.63, 3.8) is 0 Å². The second-order valence-electron chi connectivity index (χ2n) is 14.4. The Bertz CT molecular complexity index is 2740.